The maximum absolute atomic E-state index is 11.1. The first-order chi connectivity index (χ1) is 10.0. The monoisotopic (exact) mass is 292 g/mol. The second-order valence-electron chi connectivity index (χ2n) is 5.90. The first-order valence-electron chi connectivity index (χ1n) is 7.70. The minimum absolute atomic E-state index is 0.105. The van der Waals surface area contributed by atoms with E-state index in [1.165, 1.54) is 6.07 Å². The Hall–Kier alpha value is -1.85. The number of aromatic nitrogens is 1. The Morgan fingerprint density at radius 1 is 1.52 bits per heavy atom. The molecule has 0 radical (unpaired) electrons. The molecule has 1 fully saturated rings. The third-order valence-corrected chi connectivity index (χ3v) is 3.93. The molecule has 1 atom stereocenters. The Labute approximate surface area is 125 Å². The van der Waals surface area contributed by atoms with Crippen molar-refractivity contribution in [3.8, 4) is 0 Å². The number of nitro groups is 1. The summed E-state index contributed by atoms with van der Waals surface area (Å²) in [6.07, 6.45) is 3.20. The average Bonchev–Trinajstić information content (AvgIpc) is 2.94. The summed E-state index contributed by atoms with van der Waals surface area (Å²) in [5.41, 5.74) is 0.105. The Bertz CT molecular complexity index is 504. The van der Waals surface area contributed by atoms with Crippen LogP contribution in [0.5, 0.6) is 0 Å². The number of hydrogen-bond acceptors (Lipinski definition) is 5. The summed E-state index contributed by atoms with van der Waals surface area (Å²) in [6, 6.07) is 3.52. The average molecular weight is 292 g/mol. The van der Waals surface area contributed by atoms with Crippen LogP contribution in [0.4, 0.5) is 17.3 Å². The van der Waals surface area contributed by atoms with Gasteiger partial charge in [-0.15, -0.1) is 0 Å². The van der Waals surface area contributed by atoms with E-state index in [4.69, 9.17) is 0 Å². The van der Waals surface area contributed by atoms with Crippen LogP contribution >= 0.6 is 0 Å². The van der Waals surface area contributed by atoms with Crippen LogP contribution in [0, 0.1) is 16.0 Å². The molecule has 1 aliphatic heterocycles. The number of rotatable bonds is 6. The summed E-state index contributed by atoms with van der Waals surface area (Å²) < 4.78 is 0. The van der Waals surface area contributed by atoms with Gasteiger partial charge in [0, 0.05) is 19.1 Å². The topological polar surface area (TPSA) is 71.3 Å². The molecule has 1 unspecified atom stereocenters. The molecule has 116 valence electrons. The van der Waals surface area contributed by atoms with Crippen molar-refractivity contribution in [2.75, 3.05) is 23.3 Å². The van der Waals surface area contributed by atoms with Crippen LogP contribution in [0.25, 0.3) is 0 Å². The summed E-state index contributed by atoms with van der Waals surface area (Å²) in [5.74, 6) is 1.83. The fourth-order valence-electron chi connectivity index (χ4n) is 2.87. The Balaban J connectivity index is 2.32. The first-order valence-corrected chi connectivity index (χ1v) is 7.70. The normalized spacial score (nSPS) is 18.3. The Morgan fingerprint density at radius 3 is 2.90 bits per heavy atom. The van der Waals surface area contributed by atoms with Crippen molar-refractivity contribution < 1.29 is 4.92 Å². The maximum atomic E-state index is 11.1. The molecule has 2 rings (SSSR count). The molecule has 6 nitrogen and oxygen atoms in total. The highest BCUT2D eigenvalue weighted by molar-refractivity contribution is 5.56. The van der Waals surface area contributed by atoms with E-state index >= 15 is 0 Å². The lowest BCUT2D eigenvalue weighted by Gasteiger charge is -2.28. The van der Waals surface area contributed by atoms with Crippen LogP contribution in [-0.4, -0.2) is 29.0 Å². The number of pyridine rings is 1. The number of hydrogen-bond donors (Lipinski definition) is 1. The van der Waals surface area contributed by atoms with Crippen LogP contribution < -0.4 is 10.2 Å². The van der Waals surface area contributed by atoms with Crippen molar-refractivity contribution in [2.45, 2.75) is 46.1 Å². The molecule has 0 aromatic carbocycles. The molecular weight excluding hydrogens is 268 g/mol. The van der Waals surface area contributed by atoms with E-state index in [0.29, 0.717) is 17.8 Å². The van der Waals surface area contributed by atoms with Crippen LogP contribution in [0.2, 0.25) is 0 Å². The van der Waals surface area contributed by atoms with Crippen LogP contribution in [-0.2, 0) is 0 Å². The van der Waals surface area contributed by atoms with E-state index < -0.39 is 0 Å². The van der Waals surface area contributed by atoms with Crippen molar-refractivity contribution in [3.63, 3.8) is 0 Å². The van der Waals surface area contributed by atoms with Gasteiger partial charge in [0.2, 0.25) is 0 Å². The minimum Gasteiger partial charge on any atom is -0.370 e. The van der Waals surface area contributed by atoms with Gasteiger partial charge in [-0.2, -0.15) is 0 Å². The van der Waals surface area contributed by atoms with Gasteiger partial charge >= 0.3 is 0 Å². The largest absolute Gasteiger partial charge is 0.370 e. The third kappa shape index (κ3) is 3.62. The Kier molecular flexibility index (Phi) is 4.98. The molecule has 0 bridgehead atoms. The van der Waals surface area contributed by atoms with Crippen LogP contribution in [0.15, 0.2) is 12.1 Å². The maximum Gasteiger partial charge on any atom is 0.276 e. The molecule has 1 N–H and O–H groups in total. The molecule has 1 aliphatic rings. The lowest BCUT2D eigenvalue weighted by Crippen LogP contribution is -2.34. The zero-order chi connectivity index (χ0) is 15.4. The number of anilines is 2. The van der Waals surface area contributed by atoms with E-state index in [0.717, 1.165) is 38.2 Å². The minimum atomic E-state index is -0.344. The van der Waals surface area contributed by atoms with Gasteiger partial charge in [0.05, 0.1) is 17.1 Å². The Morgan fingerprint density at radius 2 is 2.29 bits per heavy atom. The standard InChI is InChI=1S/C15H24N4O2/c1-4-7-16-14-9-12(19(20)21)10-15(17-14)18-8-5-6-13(18)11(2)3/h9-11,13H,4-8H2,1-3H3,(H,16,17). The van der Waals surface area contributed by atoms with Crippen molar-refractivity contribution >= 4 is 17.3 Å². The second kappa shape index (κ2) is 6.74. The summed E-state index contributed by atoms with van der Waals surface area (Å²) >= 11 is 0. The van der Waals surface area contributed by atoms with Gasteiger partial charge in [-0.1, -0.05) is 20.8 Å². The molecule has 1 aromatic heterocycles. The first kappa shape index (κ1) is 15.5. The summed E-state index contributed by atoms with van der Waals surface area (Å²) in [7, 11) is 0. The lowest BCUT2D eigenvalue weighted by molar-refractivity contribution is -0.384. The molecule has 0 saturated carbocycles. The lowest BCUT2D eigenvalue weighted by atomic mass is 10.0. The molecule has 2 heterocycles. The van der Waals surface area contributed by atoms with E-state index in [9.17, 15) is 10.1 Å². The molecule has 21 heavy (non-hydrogen) atoms. The van der Waals surface area contributed by atoms with E-state index in [2.05, 4.69) is 36.0 Å². The fraction of sp³-hybridized carbons (Fsp3) is 0.667. The second-order valence-corrected chi connectivity index (χ2v) is 5.90. The van der Waals surface area contributed by atoms with Crippen molar-refractivity contribution in [1.29, 1.82) is 0 Å². The SMILES string of the molecule is CCCNc1cc([N+](=O)[O-])cc(N2CCCC2C(C)C)n1. The summed E-state index contributed by atoms with van der Waals surface area (Å²) in [5, 5.41) is 14.3. The van der Waals surface area contributed by atoms with Gasteiger partial charge in [-0.25, -0.2) is 4.98 Å². The van der Waals surface area contributed by atoms with Crippen LogP contribution in [0.1, 0.15) is 40.0 Å². The van der Waals surface area contributed by atoms with E-state index in [1.807, 2.05) is 0 Å². The molecule has 0 spiro atoms. The van der Waals surface area contributed by atoms with Gasteiger partial charge in [-0.05, 0) is 25.2 Å². The smallest absolute Gasteiger partial charge is 0.276 e. The van der Waals surface area contributed by atoms with E-state index in [1.54, 1.807) is 6.07 Å². The molecule has 0 amide bonds. The zero-order valence-electron chi connectivity index (χ0n) is 13.0. The zero-order valence-corrected chi connectivity index (χ0v) is 13.0. The van der Waals surface area contributed by atoms with Gasteiger partial charge in [0.1, 0.15) is 11.6 Å². The molecule has 6 heteroatoms. The van der Waals surface area contributed by atoms with Gasteiger partial charge in [0.15, 0.2) is 0 Å². The van der Waals surface area contributed by atoms with Crippen molar-refractivity contribution in [1.82, 2.24) is 4.98 Å². The number of nitrogens with one attached hydrogen (secondary N) is 1. The quantitative estimate of drug-likeness (QED) is 0.642. The molecule has 1 aromatic rings. The highest BCUT2D eigenvalue weighted by Crippen LogP contribution is 2.31. The highest BCUT2D eigenvalue weighted by Gasteiger charge is 2.29. The fourth-order valence-corrected chi connectivity index (χ4v) is 2.87. The predicted molar refractivity (Wildman–Crippen MR) is 84.9 cm³/mol. The van der Waals surface area contributed by atoms with Crippen molar-refractivity contribution in [2.24, 2.45) is 5.92 Å². The van der Waals surface area contributed by atoms with Gasteiger partial charge in [0.25, 0.3) is 5.69 Å². The van der Waals surface area contributed by atoms with Gasteiger partial charge in [-0.3, -0.25) is 10.1 Å². The summed E-state index contributed by atoms with van der Waals surface area (Å²) in [4.78, 5) is 17.6. The molecule has 1 saturated heterocycles. The summed E-state index contributed by atoms with van der Waals surface area (Å²) in [6.45, 7) is 8.12. The molecular formula is C15H24N4O2. The number of nitrogens with zero attached hydrogens (tertiary/aromatic N) is 3. The predicted octanol–water partition coefficient (Wildman–Crippen LogP) is 3.44. The van der Waals surface area contributed by atoms with Crippen molar-refractivity contribution in [3.05, 3.63) is 22.2 Å². The van der Waals surface area contributed by atoms with E-state index in [-0.39, 0.29) is 10.6 Å². The van der Waals surface area contributed by atoms with Crippen LogP contribution in [0.3, 0.4) is 0 Å². The molecule has 0 aliphatic carbocycles. The highest BCUT2D eigenvalue weighted by atomic mass is 16.6. The van der Waals surface area contributed by atoms with Gasteiger partial charge < -0.3 is 10.2 Å². The third-order valence-electron chi connectivity index (χ3n) is 3.93.